The zero-order valence-electron chi connectivity index (χ0n) is 12.4. The number of aryl methyl sites for hydroxylation is 1. The highest BCUT2D eigenvalue weighted by atomic mass is 79.9. The van der Waals surface area contributed by atoms with Gasteiger partial charge < -0.3 is 14.5 Å². The van der Waals surface area contributed by atoms with Crippen molar-refractivity contribution >= 4 is 15.9 Å². The maximum Gasteiger partial charge on any atom is 0.166 e. The molecule has 0 aliphatic heterocycles. The van der Waals surface area contributed by atoms with Gasteiger partial charge in [0.15, 0.2) is 11.6 Å². The first-order valence-electron chi connectivity index (χ1n) is 6.85. The molecule has 0 amide bonds. The summed E-state index contributed by atoms with van der Waals surface area (Å²) in [5.74, 6) is 1.51. The third kappa shape index (κ3) is 4.58. The molecule has 0 fully saturated rings. The minimum Gasteiger partial charge on any atom is -0.486 e. The average Bonchev–Trinajstić information content (AvgIpc) is 2.76. The molecule has 1 N–H and O–H groups in total. The molecule has 0 spiro atoms. The first kappa shape index (κ1) is 16.0. The third-order valence-corrected chi connectivity index (χ3v) is 3.53. The first-order valence-corrected chi connectivity index (χ1v) is 7.64. The van der Waals surface area contributed by atoms with Gasteiger partial charge in [-0.2, -0.15) is 0 Å². The molecule has 0 bridgehead atoms. The minimum absolute atomic E-state index is 0.237. The fraction of sp³-hybridized carbons (Fsp3) is 0.375. The molecule has 21 heavy (non-hydrogen) atoms. The Kier molecular flexibility index (Phi) is 5.42. The van der Waals surface area contributed by atoms with E-state index in [0.717, 1.165) is 17.1 Å². The Labute approximate surface area is 132 Å². The summed E-state index contributed by atoms with van der Waals surface area (Å²) in [4.78, 5) is 0. The van der Waals surface area contributed by atoms with Gasteiger partial charge in [-0.15, -0.1) is 0 Å². The zero-order chi connectivity index (χ0) is 15.4. The van der Waals surface area contributed by atoms with Crippen LogP contribution in [0.4, 0.5) is 4.39 Å². The molecule has 2 rings (SSSR count). The Morgan fingerprint density at radius 2 is 2.10 bits per heavy atom. The molecular weight excluding hydrogens is 337 g/mol. The number of halogens is 2. The van der Waals surface area contributed by atoms with E-state index in [1.807, 2.05) is 13.0 Å². The quantitative estimate of drug-likeness (QED) is 0.824. The van der Waals surface area contributed by atoms with Crippen molar-refractivity contribution < 1.29 is 13.5 Å². The average molecular weight is 356 g/mol. The van der Waals surface area contributed by atoms with Crippen molar-refractivity contribution in [3.63, 3.8) is 0 Å². The normalized spacial score (nSPS) is 11.1. The van der Waals surface area contributed by atoms with E-state index < -0.39 is 0 Å². The van der Waals surface area contributed by atoms with E-state index in [9.17, 15) is 4.39 Å². The Bertz CT molecular complexity index is 610. The monoisotopic (exact) mass is 355 g/mol. The molecule has 3 nitrogen and oxygen atoms in total. The molecule has 0 saturated heterocycles. The molecule has 5 heteroatoms. The maximum atomic E-state index is 13.7. The van der Waals surface area contributed by atoms with E-state index >= 15 is 0 Å². The molecule has 0 radical (unpaired) electrons. The largest absolute Gasteiger partial charge is 0.486 e. The predicted molar refractivity (Wildman–Crippen MR) is 83.9 cm³/mol. The van der Waals surface area contributed by atoms with Crippen molar-refractivity contribution in [2.24, 2.45) is 0 Å². The van der Waals surface area contributed by atoms with Gasteiger partial charge in [0.2, 0.25) is 0 Å². The zero-order valence-corrected chi connectivity index (χ0v) is 14.0. The van der Waals surface area contributed by atoms with Crippen LogP contribution in [-0.2, 0) is 13.2 Å². The molecule has 1 heterocycles. The number of benzene rings is 1. The van der Waals surface area contributed by atoms with E-state index in [2.05, 4.69) is 35.1 Å². The molecule has 1 aromatic carbocycles. The van der Waals surface area contributed by atoms with Crippen molar-refractivity contribution in [1.29, 1.82) is 0 Å². The van der Waals surface area contributed by atoms with Gasteiger partial charge in [-0.1, -0.05) is 29.8 Å². The highest BCUT2D eigenvalue weighted by Crippen LogP contribution is 2.23. The molecule has 0 saturated carbocycles. The van der Waals surface area contributed by atoms with E-state index in [4.69, 9.17) is 9.15 Å². The van der Waals surface area contributed by atoms with E-state index in [1.54, 1.807) is 12.1 Å². The van der Waals surface area contributed by atoms with Crippen molar-refractivity contribution in [2.45, 2.75) is 40.0 Å². The van der Waals surface area contributed by atoms with Crippen molar-refractivity contribution in [1.82, 2.24) is 5.32 Å². The number of hydrogen-bond acceptors (Lipinski definition) is 3. The number of hydrogen-bond donors (Lipinski definition) is 1. The summed E-state index contributed by atoms with van der Waals surface area (Å²) < 4.78 is 25.5. The van der Waals surface area contributed by atoms with Gasteiger partial charge >= 0.3 is 0 Å². The van der Waals surface area contributed by atoms with Gasteiger partial charge in [-0.3, -0.25) is 0 Å². The third-order valence-electron chi connectivity index (χ3n) is 3.03. The van der Waals surface area contributed by atoms with Gasteiger partial charge in [0, 0.05) is 16.1 Å². The molecule has 2 aromatic rings. The second-order valence-corrected chi connectivity index (χ2v) is 6.11. The van der Waals surface area contributed by atoms with Gasteiger partial charge in [0.25, 0.3) is 0 Å². The minimum atomic E-state index is -0.382. The van der Waals surface area contributed by atoms with Crippen LogP contribution in [0.3, 0.4) is 0 Å². The lowest BCUT2D eigenvalue weighted by Gasteiger charge is -2.06. The molecule has 0 atom stereocenters. The van der Waals surface area contributed by atoms with Crippen LogP contribution < -0.4 is 10.1 Å². The van der Waals surface area contributed by atoms with Crippen LogP contribution in [0.15, 0.2) is 33.2 Å². The van der Waals surface area contributed by atoms with Crippen molar-refractivity contribution in [3.05, 3.63) is 51.6 Å². The highest BCUT2D eigenvalue weighted by molar-refractivity contribution is 9.10. The number of ether oxygens (including phenoxy) is 1. The summed E-state index contributed by atoms with van der Waals surface area (Å²) in [6, 6.07) is 7.08. The van der Waals surface area contributed by atoms with E-state index in [1.165, 1.54) is 6.07 Å². The molecule has 0 unspecified atom stereocenters. The van der Waals surface area contributed by atoms with Crippen LogP contribution in [-0.4, -0.2) is 6.04 Å². The Morgan fingerprint density at radius 3 is 2.76 bits per heavy atom. The number of nitrogens with one attached hydrogen (secondary N) is 1. The number of rotatable bonds is 6. The lowest BCUT2D eigenvalue weighted by Crippen LogP contribution is -2.21. The lowest BCUT2D eigenvalue weighted by atomic mass is 10.2. The smallest absolute Gasteiger partial charge is 0.166 e. The molecule has 1 aromatic heterocycles. The second kappa shape index (κ2) is 7.09. The SMILES string of the molecule is Cc1oc(CNC(C)C)cc1COc1ccc(Br)cc1F. The summed E-state index contributed by atoms with van der Waals surface area (Å²) in [5.41, 5.74) is 0.929. The molecule has 114 valence electrons. The first-order chi connectivity index (χ1) is 9.95. The van der Waals surface area contributed by atoms with Crippen LogP contribution in [0.1, 0.15) is 30.9 Å². The van der Waals surface area contributed by atoms with Gasteiger partial charge in [0.1, 0.15) is 18.1 Å². The summed E-state index contributed by atoms with van der Waals surface area (Å²) in [5, 5.41) is 3.29. The molecule has 0 aliphatic rings. The standard InChI is InChI=1S/C16H19BrFNO2/c1-10(2)19-8-14-6-12(11(3)21-14)9-20-16-5-4-13(17)7-15(16)18/h4-7,10,19H,8-9H2,1-3H3. The topological polar surface area (TPSA) is 34.4 Å². The van der Waals surface area contributed by atoms with Crippen molar-refractivity contribution in [2.75, 3.05) is 0 Å². The lowest BCUT2D eigenvalue weighted by molar-refractivity contribution is 0.287. The van der Waals surface area contributed by atoms with Gasteiger partial charge in [-0.25, -0.2) is 4.39 Å². The second-order valence-electron chi connectivity index (χ2n) is 5.19. The summed E-state index contributed by atoms with van der Waals surface area (Å²) in [6.45, 7) is 7.00. The number of furan rings is 1. The van der Waals surface area contributed by atoms with Gasteiger partial charge in [0.05, 0.1) is 6.54 Å². The van der Waals surface area contributed by atoms with Crippen molar-refractivity contribution in [3.8, 4) is 5.75 Å². The summed E-state index contributed by atoms with van der Waals surface area (Å²) in [6.07, 6.45) is 0. The van der Waals surface area contributed by atoms with Crippen LogP contribution in [0, 0.1) is 12.7 Å². The Hall–Kier alpha value is -1.33. The molecular formula is C16H19BrFNO2. The fourth-order valence-electron chi connectivity index (χ4n) is 1.87. The van der Waals surface area contributed by atoms with Crippen LogP contribution in [0.2, 0.25) is 0 Å². The van der Waals surface area contributed by atoms with Crippen LogP contribution in [0.25, 0.3) is 0 Å². The van der Waals surface area contributed by atoms with Gasteiger partial charge in [-0.05, 0) is 31.2 Å². The Balaban J connectivity index is 1.99. The van der Waals surface area contributed by atoms with E-state index in [0.29, 0.717) is 17.1 Å². The van der Waals surface area contributed by atoms with Crippen LogP contribution >= 0.6 is 15.9 Å². The maximum absolute atomic E-state index is 13.7. The Morgan fingerprint density at radius 1 is 1.33 bits per heavy atom. The summed E-state index contributed by atoms with van der Waals surface area (Å²) in [7, 11) is 0. The fourth-order valence-corrected chi connectivity index (χ4v) is 2.20. The van der Waals surface area contributed by atoms with Crippen LogP contribution in [0.5, 0.6) is 5.75 Å². The predicted octanol–water partition coefficient (Wildman–Crippen LogP) is 4.57. The highest BCUT2D eigenvalue weighted by Gasteiger charge is 2.10. The van der Waals surface area contributed by atoms with E-state index in [-0.39, 0.29) is 18.2 Å². The summed E-state index contributed by atoms with van der Waals surface area (Å²) >= 11 is 3.22. The molecule has 0 aliphatic carbocycles.